The van der Waals surface area contributed by atoms with E-state index in [2.05, 4.69) is 10.1 Å². The van der Waals surface area contributed by atoms with Gasteiger partial charge in [-0.15, -0.1) is 0 Å². The zero-order valence-electron chi connectivity index (χ0n) is 12.6. The van der Waals surface area contributed by atoms with Crippen LogP contribution in [-0.4, -0.2) is 40.2 Å². The molecule has 0 aromatic heterocycles. The molecule has 0 heterocycles. The molecule has 1 unspecified atom stereocenters. The number of likely N-dealkylation sites (N-methyl/N-ethyl adjacent to an activating group) is 1. The van der Waals surface area contributed by atoms with Crippen LogP contribution in [-0.2, 0) is 0 Å². The number of hydrogen-bond donors (Lipinski definition) is 3. The summed E-state index contributed by atoms with van der Waals surface area (Å²) in [5.74, 6) is 0.203. The Morgan fingerprint density at radius 2 is 1.95 bits per heavy atom. The van der Waals surface area contributed by atoms with E-state index in [9.17, 15) is 5.11 Å². The zero-order valence-corrected chi connectivity index (χ0v) is 12.6. The fourth-order valence-electron chi connectivity index (χ4n) is 3.21. The van der Waals surface area contributed by atoms with Crippen LogP contribution >= 0.6 is 0 Å². The molecule has 4 N–H and O–H groups in total. The fourth-order valence-corrected chi connectivity index (χ4v) is 3.21. The van der Waals surface area contributed by atoms with Crippen LogP contribution in [0.5, 0.6) is 0 Å². The Kier molecular flexibility index (Phi) is 5.20. The van der Waals surface area contributed by atoms with Crippen LogP contribution in [0.4, 0.5) is 0 Å². The van der Waals surface area contributed by atoms with E-state index < -0.39 is 5.60 Å². The summed E-state index contributed by atoms with van der Waals surface area (Å²) in [5, 5.41) is 22.5. The molecule has 1 aromatic carbocycles. The highest BCUT2D eigenvalue weighted by molar-refractivity contribution is 5.80. The highest BCUT2D eigenvalue weighted by atomic mass is 16.4. The molecule has 21 heavy (non-hydrogen) atoms. The van der Waals surface area contributed by atoms with E-state index in [0.717, 1.165) is 31.2 Å². The Bertz CT molecular complexity index is 470. The molecule has 116 valence electrons. The summed E-state index contributed by atoms with van der Waals surface area (Å²) in [6, 6.07) is 9.98. The van der Waals surface area contributed by atoms with Gasteiger partial charge in [-0.25, -0.2) is 0 Å². The average molecular weight is 291 g/mol. The summed E-state index contributed by atoms with van der Waals surface area (Å²) in [7, 11) is 1.98. The Hall–Kier alpha value is -1.59. The molecule has 1 saturated carbocycles. The number of rotatable bonds is 6. The second kappa shape index (κ2) is 6.91. The molecule has 2 rings (SSSR count). The van der Waals surface area contributed by atoms with Crippen molar-refractivity contribution >= 4 is 5.84 Å². The van der Waals surface area contributed by atoms with Gasteiger partial charge in [-0.05, 0) is 25.5 Å². The first-order valence-electron chi connectivity index (χ1n) is 7.48. The summed E-state index contributed by atoms with van der Waals surface area (Å²) in [6.07, 6.45) is 4.30. The largest absolute Gasteiger partial charge is 0.409 e. The first-order valence-corrected chi connectivity index (χ1v) is 7.48. The van der Waals surface area contributed by atoms with Gasteiger partial charge >= 0.3 is 0 Å². The molecule has 0 bridgehead atoms. The van der Waals surface area contributed by atoms with E-state index in [-0.39, 0.29) is 11.9 Å². The third-order valence-electron chi connectivity index (χ3n) is 4.33. The molecule has 0 amide bonds. The fraction of sp³-hybridized carbons (Fsp3) is 0.562. The van der Waals surface area contributed by atoms with Gasteiger partial charge in [0, 0.05) is 19.0 Å². The van der Waals surface area contributed by atoms with E-state index in [1.165, 1.54) is 0 Å². The summed E-state index contributed by atoms with van der Waals surface area (Å²) in [6.45, 7) is 0.602. The van der Waals surface area contributed by atoms with Crippen LogP contribution in [0.25, 0.3) is 0 Å². The molecule has 1 aromatic rings. The molecule has 5 heteroatoms. The maximum Gasteiger partial charge on any atom is 0.141 e. The molecular weight excluding hydrogens is 266 g/mol. The van der Waals surface area contributed by atoms with E-state index in [4.69, 9.17) is 10.9 Å². The number of nitrogens with zero attached hydrogens (tertiary/aromatic N) is 2. The van der Waals surface area contributed by atoms with Crippen molar-refractivity contribution in [2.75, 3.05) is 13.6 Å². The van der Waals surface area contributed by atoms with Crippen molar-refractivity contribution in [2.24, 2.45) is 10.9 Å². The second-order valence-corrected chi connectivity index (χ2v) is 6.07. The van der Waals surface area contributed by atoms with Crippen molar-refractivity contribution in [1.82, 2.24) is 4.90 Å². The van der Waals surface area contributed by atoms with Gasteiger partial charge in [-0.1, -0.05) is 48.3 Å². The lowest BCUT2D eigenvalue weighted by Crippen LogP contribution is -2.41. The number of oxime groups is 1. The Labute approximate surface area is 126 Å². The standard InChI is InChI=1S/C16H25N3O2/c1-19(12-16(20)9-5-6-10-16)14(11-15(17)18-21)13-7-3-2-4-8-13/h2-4,7-8,14,20-21H,5-6,9-12H2,1H3,(H2,17,18). The quantitative estimate of drug-likeness (QED) is 0.324. The van der Waals surface area contributed by atoms with Crippen LogP contribution in [0, 0.1) is 0 Å². The molecule has 1 aliphatic carbocycles. The number of nitrogens with two attached hydrogens (primary N) is 1. The van der Waals surface area contributed by atoms with Gasteiger partial charge in [-0.2, -0.15) is 0 Å². The summed E-state index contributed by atoms with van der Waals surface area (Å²) in [4.78, 5) is 2.11. The van der Waals surface area contributed by atoms with Gasteiger partial charge in [0.1, 0.15) is 5.84 Å². The maximum absolute atomic E-state index is 10.6. The molecule has 5 nitrogen and oxygen atoms in total. The van der Waals surface area contributed by atoms with Crippen molar-refractivity contribution in [3.8, 4) is 0 Å². The summed E-state index contributed by atoms with van der Waals surface area (Å²) in [5.41, 5.74) is 6.20. The predicted octanol–water partition coefficient (Wildman–Crippen LogP) is 2.10. The van der Waals surface area contributed by atoms with Crippen molar-refractivity contribution in [2.45, 2.75) is 43.7 Å². The SMILES string of the molecule is CN(CC1(O)CCCC1)C(C/C(N)=N/O)c1ccccc1. The molecule has 0 spiro atoms. The van der Waals surface area contributed by atoms with Gasteiger partial charge in [0.05, 0.1) is 5.60 Å². The monoisotopic (exact) mass is 291 g/mol. The van der Waals surface area contributed by atoms with Crippen molar-refractivity contribution < 1.29 is 10.3 Å². The topological polar surface area (TPSA) is 82.1 Å². The highest BCUT2D eigenvalue weighted by Crippen LogP contribution is 2.33. The molecular formula is C16H25N3O2. The van der Waals surface area contributed by atoms with Crippen molar-refractivity contribution in [3.63, 3.8) is 0 Å². The van der Waals surface area contributed by atoms with Crippen LogP contribution in [0.3, 0.4) is 0 Å². The maximum atomic E-state index is 10.6. The summed E-state index contributed by atoms with van der Waals surface area (Å²) >= 11 is 0. The first-order chi connectivity index (χ1) is 10.0. The molecule has 1 aliphatic rings. The summed E-state index contributed by atoms with van der Waals surface area (Å²) < 4.78 is 0. The van der Waals surface area contributed by atoms with E-state index in [1.807, 2.05) is 37.4 Å². The Morgan fingerprint density at radius 3 is 2.52 bits per heavy atom. The normalized spacial score (nSPS) is 19.9. The highest BCUT2D eigenvalue weighted by Gasteiger charge is 2.34. The molecule has 1 fully saturated rings. The number of benzene rings is 1. The number of aliphatic hydroxyl groups is 1. The van der Waals surface area contributed by atoms with Gasteiger partial charge in [0.15, 0.2) is 0 Å². The minimum Gasteiger partial charge on any atom is -0.409 e. The van der Waals surface area contributed by atoms with E-state index in [0.29, 0.717) is 13.0 Å². The van der Waals surface area contributed by atoms with Crippen LogP contribution in [0.1, 0.15) is 43.7 Å². The van der Waals surface area contributed by atoms with Gasteiger partial charge < -0.3 is 16.0 Å². The Balaban J connectivity index is 2.14. The van der Waals surface area contributed by atoms with Crippen molar-refractivity contribution in [3.05, 3.63) is 35.9 Å². The third kappa shape index (κ3) is 4.19. The molecule has 0 radical (unpaired) electrons. The first kappa shape index (κ1) is 15.8. The second-order valence-electron chi connectivity index (χ2n) is 6.07. The lowest BCUT2D eigenvalue weighted by atomic mass is 9.97. The molecule has 0 saturated heterocycles. The molecule has 0 aliphatic heterocycles. The Morgan fingerprint density at radius 1 is 1.33 bits per heavy atom. The minimum atomic E-state index is -0.604. The lowest BCUT2D eigenvalue weighted by molar-refractivity contribution is 0.00559. The van der Waals surface area contributed by atoms with E-state index >= 15 is 0 Å². The van der Waals surface area contributed by atoms with Crippen LogP contribution in [0.15, 0.2) is 35.5 Å². The lowest BCUT2D eigenvalue weighted by Gasteiger charge is -2.34. The smallest absolute Gasteiger partial charge is 0.141 e. The van der Waals surface area contributed by atoms with E-state index in [1.54, 1.807) is 0 Å². The molecule has 1 atom stereocenters. The number of amidine groups is 1. The third-order valence-corrected chi connectivity index (χ3v) is 4.33. The van der Waals surface area contributed by atoms with Gasteiger partial charge in [0.25, 0.3) is 0 Å². The van der Waals surface area contributed by atoms with Crippen LogP contribution in [0.2, 0.25) is 0 Å². The zero-order chi connectivity index (χ0) is 15.3. The average Bonchev–Trinajstić information content (AvgIpc) is 2.91. The minimum absolute atomic E-state index is 0.00766. The van der Waals surface area contributed by atoms with Crippen LogP contribution < -0.4 is 5.73 Å². The predicted molar refractivity (Wildman–Crippen MR) is 83.3 cm³/mol. The number of hydrogen-bond acceptors (Lipinski definition) is 4. The van der Waals surface area contributed by atoms with Gasteiger partial charge in [0.2, 0.25) is 0 Å². The van der Waals surface area contributed by atoms with Crippen molar-refractivity contribution in [1.29, 1.82) is 0 Å². The van der Waals surface area contributed by atoms with Gasteiger partial charge in [-0.3, -0.25) is 4.90 Å².